The van der Waals surface area contributed by atoms with Crippen molar-refractivity contribution in [1.82, 2.24) is 10.3 Å². The first-order valence-corrected chi connectivity index (χ1v) is 14.1. The summed E-state index contributed by atoms with van der Waals surface area (Å²) in [6.45, 7) is 7.66. The minimum absolute atomic E-state index is 0.101. The van der Waals surface area contributed by atoms with Crippen LogP contribution in [0.3, 0.4) is 0 Å². The number of furan rings is 1. The van der Waals surface area contributed by atoms with E-state index in [0.717, 1.165) is 38.5 Å². The van der Waals surface area contributed by atoms with Gasteiger partial charge in [-0.15, -0.1) is 0 Å². The van der Waals surface area contributed by atoms with Crippen molar-refractivity contribution < 1.29 is 13.9 Å². The Kier molecular flexibility index (Phi) is 7.70. The first-order chi connectivity index (χ1) is 19.1. The average molecular weight is 620 g/mol. The van der Waals surface area contributed by atoms with E-state index in [0.29, 0.717) is 16.5 Å². The van der Waals surface area contributed by atoms with Crippen LogP contribution in [0.4, 0.5) is 11.4 Å². The molecule has 0 radical (unpaired) electrons. The summed E-state index contributed by atoms with van der Waals surface area (Å²) in [4.78, 5) is 19.3. The van der Waals surface area contributed by atoms with E-state index < -0.39 is 5.41 Å². The average Bonchev–Trinajstić information content (AvgIpc) is 3.53. The van der Waals surface area contributed by atoms with Gasteiger partial charge in [-0.25, -0.2) is 0 Å². The highest BCUT2D eigenvalue weighted by molar-refractivity contribution is 9.10. The monoisotopic (exact) mass is 618 g/mol. The Morgan fingerprint density at radius 2 is 1.93 bits per heavy atom. The summed E-state index contributed by atoms with van der Waals surface area (Å²) in [5.41, 5.74) is 3.80. The molecule has 2 aromatic carbocycles. The fourth-order valence-corrected chi connectivity index (χ4v) is 5.68. The SMILES string of the molecule is COc1cc(N2C(=S)N[C@@H](c3ccccn3)[C@@H]2c2ccc(-c3ccc(C)cc3Br)o2)ccc1NC(=O)C(C)(C)C. The molecule has 2 atom stereocenters. The molecule has 40 heavy (non-hydrogen) atoms. The molecule has 0 unspecified atom stereocenters. The maximum Gasteiger partial charge on any atom is 0.229 e. The normalized spacial score (nSPS) is 17.1. The minimum Gasteiger partial charge on any atom is -0.494 e. The summed E-state index contributed by atoms with van der Waals surface area (Å²) in [7, 11) is 1.58. The van der Waals surface area contributed by atoms with E-state index in [1.807, 2.05) is 80.3 Å². The Labute approximate surface area is 248 Å². The molecule has 7 nitrogen and oxygen atoms in total. The Morgan fingerprint density at radius 3 is 2.60 bits per heavy atom. The minimum atomic E-state index is -0.547. The number of amides is 1. The number of halogens is 1. The van der Waals surface area contributed by atoms with Crippen LogP contribution in [0.15, 0.2) is 81.8 Å². The molecule has 0 bridgehead atoms. The number of anilines is 2. The van der Waals surface area contributed by atoms with E-state index >= 15 is 0 Å². The molecule has 4 aromatic rings. The zero-order valence-electron chi connectivity index (χ0n) is 23.0. The Hall–Kier alpha value is -3.69. The summed E-state index contributed by atoms with van der Waals surface area (Å²) in [5.74, 6) is 1.91. The lowest BCUT2D eigenvalue weighted by Gasteiger charge is -2.27. The smallest absolute Gasteiger partial charge is 0.229 e. The topological polar surface area (TPSA) is 79.6 Å². The third kappa shape index (κ3) is 5.48. The standard InChI is InChI=1S/C31H31BrN4O3S/c1-18-9-11-20(21(32)16-18)24-13-14-25(39-24)28-27(23-8-6-7-15-33-23)35-30(40)36(28)19-10-12-22(26(17-19)38-5)34-29(37)31(2,3)4/h6-17,27-28H,1-5H3,(H,34,37)(H,35,40)/t27-,28-/m0/s1. The molecule has 2 aromatic heterocycles. The number of benzene rings is 2. The van der Waals surface area contributed by atoms with Gasteiger partial charge in [0.1, 0.15) is 23.3 Å². The fraction of sp³-hybridized carbons (Fsp3) is 0.258. The second-order valence-corrected chi connectivity index (χ2v) is 12.0. The Balaban J connectivity index is 1.57. The number of nitrogens with one attached hydrogen (secondary N) is 2. The number of nitrogens with zero attached hydrogens (tertiary/aromatic N) is 2. The predicted octanol–water partition coefficient (Wildman–Crippen LogP) is 7.58. The molecule has 1 saturated heterocycles. The number of aromatic nitrogens is 1. The van der Waals surface area contributed by atoms with Crippen molar-refractivity contribution in [2.24, 2.45) is 5.41 Å². The van der Waals surface area contributed by atoms with Crippen LogP contribution in [0.2, 0.25) is 0 Å². The quantitative estimate of drug-likeness (QED) is 0.216. The molecule has 0 spiro atoms. The van der Waals surface area contributed by atoms with Gasteiger partial charge in [-0.2, -0.15) is 0 Å². The molecular weight excluding hydrogens is 588 g/mol. The first kappa shape index (κ1) is 27.9. The van der Waals surface area contributed by atoms with Crippen molar-refractivity contribution in [3.8, 4) is 17.1 Å². The molecule has 2 N–H and O–H groups in total. The lowest BCUT2D eigenvalue weighted by molar-refractivity contribution is -0.123. The number of thiocarbonyl (C=S) groups is 1. The number of rotatable bonds is 6. The van der Waals surface area contributed by atoms with Gasteiger partial charge in [0, 0.05) is 33.4 Å². The largest absolute Gasteiger partial charge is 0.494 e. The Morgan fingerprint density at radius 1 is 1.12 bits per heavy atom. The fourth-order valence-electron chi connectivity index (χ4n) is 4.64. The van der Waals surface area contributed by atoms with E-state index in [1.54, 1.807) is 13.3 Å². The number of methoxy groups -OCH3 is 1. The van der Waals surface area contributed by atoms with Gasteiger partial charge in [-0.3, -0.25) is 9.78 Å². The Bertz CT molecular complexity index is 1560. The molecule has 0 aliphatic carbocycles. The van der Waals surface area contributed by atoms with Gasteiger partial charge in [0.05, 0.1) is 24.5 Å². The zero-order chi connectivity index (χ0) is 28.6. The number of hydrogen-bond acceptors (Lipinski definition) is 5. The maximum atomic E-state index is 12.7. The third-order valence-electron chi connectivity index (χ3n) is 6.80. The highest BCUT2D eigenvalue weighted by atomic mass is 79.9. The van der Waals surface area contributed by atoms with Crippen LogP contribution in [-0.2, 0) is 4.79 Å². The highest BCUT2D eigenvalue weighted by Gasteiger charge is 2.43. The van der Waals surface area contributed by atoms with E-state index in [9.17, 15) is 4.79 Å². The third-order valence-corrected chi connectivity index (χ3v) is 7.77. The number of pyridine rings is 1. The van der Waals surface area contributed by atoms with Gasteiger partial charge in [0.15, 0.2) is 5.11 Å². The van der Waals surface area contributed by atoms with Gasteiger partial charge in [0.2, 0.25) is 5.91 Å². The van der Waals surface area contributed by atoms with E-state index in [1.165, 1.54) is 0 Å². The molecule has 3 heterocycles. The van der Waals surface area contributed by atoms with E-state index in [-0.39, 0.29) is 18.0 Å². The van der Waals surface area contributed by atoms with Crippen molar-refractivity contribution in [3.63, 3.8) is 0 Å². The molecule has 9 heteroatoms. The summed E-state index contributed by atoms with van der Waals surface area (Å²) < 4.78 is 13.2. The van der Waals surface area contributed by atoms with Crippen LogP contribution in [0.5, 0.6) is 5.75 Å². The molecule has 0 saturated carbocycles. The van der Waals surface area contributed by atoms with Gasteiger partial charge in [0.25, 0.3) is 0 Å². The maximum absolute atomic E-state index is 12.7. The van der Waals surface area contributed by atoms with Crippen molar-refractivity contribution >= 4 is 50.5 Å². The van der Waals surface area contributed by atoms with Crippen molar-refractivity contribution in [2.75, 3.05) is 17.3 Å². The van der Waals surface area contributed by atoms with Crippen LogP contribution in [0.1, 0.15) is 49.9 Å². The van der Waals surface area contributed by atoms with Gasteiger partial charge in [-0.05, 0) is 73.2 Å². The molecular formula is C31H31BrN4O3S. The number of aryl methyl sites for hydroxylation is 1. The zero-order valence-corrected chi connectivity index (χ0v) is 25.4. The number of ether oxygens (including phenoxy) is 1. The summed E-state index contributed by atoms with van der Waals surface area (Å²) in [6, 6.07) is 21.0. The van der Waals surface area contributed by atoms with Crippen LogP contribution in [0, 0.1) is 12.3 Å². The number of carbonyl (C=O) groups excluding carboxylic acids is 1. The highest BCUT2D eigenvalue weighted by Crippen LogP contribution is 2.45. The van der Waals surface area contributed by atoms with Crippen molar-refractivity contribution in [2.45, 2.75) is 39.8 Å². The van der Waals surface area contributed by atoms with Gasteiger partial charge >= 0.3 is 0 Å². The van der Waals surface area contributed by atoms with Gasteiger partial charge in [-0.1, -0.05) is 48.8 Å². The van der Waals surface area contributed by atoms with E-state index in [4.69, 9.17) is 21.4 Å². The molecule has 206 valence electrons. The van der Waals surface area contributed by atoms with Crippen molar-refractivity contribution in [1.29, 1.82) is 0 Å². The lowest BCUT2D eigenvalue weighted by Crippen LogP contribution is -2.30. The molecule has 1 aliphatic heterocycles. The summed E-state index contributed by atoms with van der Waals surface area (Å²) in [6.07, 6.45) is 1.77. The summed E-state index contributed by atoms with van der Waals surface area (Å²) in [5, 5.41) is 6.96. The molecule has 1 aliphatic rings. The van der Waals surface area contributed by atoms with E-state index in [2.05, 4.69) is 50.6 Å². The number of hydrogen-bond donors (Lipinski definition) is 2. The number of carbonyl (C=O) groups is 1. The van der Waals surface area contributed by atoms with Gasteiger partial charge < -0.3 is 24.7 Å². The second kappa shape index (κ2) is 11.1. The molecule has 1 amide bonds. The van der Waals surface area contributed by atoms with Crippen LogP contribution in [-0.4, -0.2) is 23.1 Å². The molecule has 5 rings (SSSR count). The van der Waals surface area contributed by atoms with Crippen LogP contribution < -0.4 is 20.3 Å². The summed E-state index contributed by atoms with van der Waals surface area (Å²) >= 11 is 9.55. The lowest BCUT2D eigenvalue weighted by atomic mass is 9.95. The predicted molar refractivity (Wildman–Crippen MR) is 166 cm³/mol. The second-order valence-electron chi connectivity index (χ2n) is 10.8. The van der Waals surface area contributed by atoms with Crippen molar-refractivity contribution in [3.05, 3.63) is 94.4 Å². The first-order valence-electron chi connectivity index (χ1n) is 12.9. The van der Waals surface area contributed by atoms with Crippen LogP contribution in [0.25, 0.3) is 11.3 Å². The molecule has 1 fully saturated rings. The van der Waals surface area contributed by atoms with Crippen LogP contribution >= 0.6 is 28.1 Å².